The van der Waals surface area contributed by atoms with Gasteiger partial charge in [-0.15, -0.1) is 0 Å². The second-order valence-electron chi connectivity index (χ2n) is 5.11. The predicted octanol–water partition coefficient (Wildman–Crippen LogP) is 5.01. The van der Waals surface area contributed by atoms with Gasteiger partial charge in [0.25, 0.3) is 0 Å². The summed E-state index contributed by atoms with van der Waals surface area (Å²) in [6, 6.07) is 10.5. The molecule has 2 nitrogen and oxygen atoms in total. The number of pyridine rings is 1. The first-order valence-electron chi connectivity index (χ1n) is 7.49. The number of anilines is 1. The highest BCUT2D eigenvalue weighted by Gasteiger charge is 1.96. The van der Waals surface area contributed by atoms with Crippen molar-refractivity contribution in [3.05, 3.63) is 36.5 Å². The Hall–Kier alpha value is -1.57. The standard InChI is InChI=1S/C17H24N2/c1-2-3-4-5-6-7-12-18-16-10-11-17-15(14-16)9-8-13-19-17/h8-11,13-14,18H,2-7,12H2,1H3. The lowest BCUT2D eigenvalue weighted by atomic mass is 10.1. The molecule has 102 valence electrons. The summed E-state index contributed by atoms with van der Waals surface area (Å²) in [7, 11) is 0. The molecule has 0 unspecified atom stereocenters. The van der Waals surface area contributed by atoms with Gasteiger partial charge in [0.15, 0.2) is 0 Å². The fourth-order valence-corrected chi connectivity index (χ4v) is 2.32. The van der Waals surface area contributed by atoms with Crippen molar-refractivity contribution in [1.29, 1.82) is 0 Å². The first-order valence-corrected chi connectivity index (χ1v) is 7.49. The zero-order valence-electron chi connectivity index (χ0n) is 11.9. The maximum absolute atomic E-state index is 4.33. The van der Waals surface area contributed by atoms with E-state index >= 15 is 0 Å². The number of hydrogen-bond donors (Lipinski definition) is 1. The highest BCUT2D eigenvalue weighted by molar-refractivity contribution is 5.82. The molecule has 19 heavy (non-hydrogen) atoms. The van der Waals surface area contributed by atoms with Crippen molar-refractivity contribution in [1.82, 2.24) is 4.98 Å². The minimum atomic E-state index is 1.06. The van der Waals surface area contributed by atoms with Crippen LogP contribution in [0.25, 0.3) is 10.9 Å². The number of nitrogens with zero attached hydrogens (tertiary/aromatic N) is 1. The Morgan fingerprint density at radius 2 is 1.84 bits per heavy atom. The molecule has 0 fully saturated rings. The smallest absolute Gasteiger partial charge is 0.0703 e. The van der Waals surface area contributed by atoms with Crippen molar-refractivity contribution in [2.75, 3.05) is 11.9 Å². The minimum absolute atomic E-state index is 1.06. The second kappa shape index (κ2) is 7.78. The van der Waals surface area contributed by atoms with Crippen molar-refractivity contribution in [3.8, 4) is 0 Å². The molecule has 0 bridgehead atoms. The Morgan fingerprint density at radius 3 is 2.74 bits per heavy atom. The molecule has 2 heteroatoms. The van der Waals surface area contributed by atoms with Crippen LogP contribution in [0, 0.1) is 0 Å². The summed E-state index contributed by atoms with van der Waals surface area (Å²) in [5, 5.41) is 4.70. The van der Waals surface area contributed by atoms with Gasteiger partial charge in [0.2, 0.25) is 0 Å². The number of hydrogen-bond acceptors (Lipinski definition) is 2. The van der Waals surface area contributed by atoms with Crippen LogP contribution < -0.4 is 5.32 Å². The summed E-state index contributed by atoms with van der Waals surface area (Å²) in [4.78, 5) is 4.33. The summed E-state index contributed by atoms with van der Waals surface area (Å²) in [6.07, 6.45) is 9.90. The average molecular weight is 256 g/mol. The van der Waals surface area contributed by atoms with E-state index < -0.39 is 0 Å². The van der Waals surface area contributed by atoms with Crippen molar-refractivity contribution >= 4 is 16.6 Å². The van der Waals surface area contributed by atoms with E-state index in [1.807, 2.05) is 12.3 Å². The van der Waals surface area contributed by atoms with Crippen LogP contribution in [0.1, 0.15) is 45.4 Å². The van der Waals surface area contributed by atoms with Crippen molar-refractivity contribution in [2.45, 2.75) is 45.4 Å². The van der Waals surface area contributed by atoms with Gasteiger partial charge in [0, 0.05) is 23.8 Å². The van der Waals surface area contributed by atoms with Gasteiger partial charge in [0.05, 0.1) is 5.52 Å². The minimum Gasteiger partial charge on any atom is -0.385 e. The molecule has 2 aromatic rings. The van der Waals surface area contributed by atoms with Gasteiger partial charge in [-0.3, -0.25) is 4.98 Å². The lowest BCUT2D eigenvalue weighted by Crippen LogP contribution is -2.01. The molecule has 0 spiro atoms. The van der Waals surface area contributed by atoms with Crippen LogP contribution in [-0.2, 0) is 0 Å². The maximum Gasteiger partial charge on any atom is 0.0703 e. The molecule has 2 rings (SSSR count). The van der Waals surface area contributed by atoms with Crippen LogP contribution in [0.5, 0.6) is 0 Å². The fourth-order valence-electron chi connectivity index (χ4n) is 2.32. The highest BCUT2D eigenvalue weighted by Crippen LogP contribution is 2.17. The number of unbranched alkanes of at least 4 members (excludes halogenated alkanes) is 5. The van der Waals surface area contributed by atoms with Crippen LogP contribution in [0.3, 0.4) is 0 Å². The molecule has 1 N–H and O–H groups in total. The highest BCUT2D eigenvalue weighted by atomic mass is 14.9. The molecule has 0 aliphatic carbocycles. The molecule has 1 heterocycles. The summed E-state index contributed by atoms with van der Waals surface area (Å²) in [6.45, 7) is 3.33. The number of fused-ring (bicyclic) bond motifs is 1. The van der Waals surface area contributed by atoms with Gasteiger partial charge in [-0.1, -0.05) is 45.1 Å². The molecule has 1 aromatic heterocycles. The molecule has 1 aromatic carbocycles. The third-order valence-electron chi connectivity index (χ3n) is 3.46. The molecule has 0 saturated carbocycles. The predicted molar refractivity (Wildman–Crippen MR) is 83.6 cm³/mol. The van der Waals surface area contributed by atoms with E-state index in [9.17, 15) is 0 Å². The third-order valence-corrected chi connectivity index (χ3v) is 3.46. The molecule has 0 atom stereocenters. The Kier molecular flexibility index (Phi) is 5.67. The Labute approximate surface area is 116 Å². The quantitative estimate of drug-likeness (QED) is 0.672. The summed E-state index contributed by atoms with van der Waals surface area (Å²) in [5.74, 6) is 0. The molecule has 0 aliphatic rings. The largest absolute Gasteiger partial charge is 0.385 e. The van der Waals surface area contributed by atoms with Gasteiger partial charge < -0.3 is 5.32 Å². The van der Waals surface area contributed by atoms with Crippen molar-refractivity contribution in [3.63, 3.8) is 0 Å². The van der Waals surface area contributed by atoms with Crippen molar-refractivity contribution < 1.29 is 0 Å². The van der Waals surface area contributed by atoms with Gasteiger partial charge in [-0.2, -0.15) is 0 Å². The van der Waals surface area contributed by atoms with Crippen LogP contribution in [0.15, 0.2) is 36.5 Å². The molecule has 0 aliphatic heterocycles. The van der Waals surface area contributed by atoms with E-state index in [2.05, 4.69) is 41.5 Å². The first-order chi connectivity index (χ1) is 9.40. The Balaban J connectivity index is 1.72. The van der Waals surface area contributed by atoms with E-state index in [0.717, 1.165) is 12.1 Å². The number of rotatable bonds is 8. The van der Waals surface area contributed by atoms with Crippen LogP contribution in [0.2, 0.25) is 0 Å². The number of benzene rings is 1. The van der Waals surface area contributed by atoms with E-state index in [-0.39, 0.29) is 0 Å². The molecular formula is C17H24N2. The van der Waals surface area contributed by atoms with E-state index in [1.54, 1.807) is 0 Å². The van der Waals surface area contributed by atoms with Crippen LogP contribution in [-0.4, -0.2) is 11.5 Å². The third kappa shape index (κ3) is 4.55. The van der Waals surface area contributed by atoms with Gasteiger partial charge >= 0.3 is 0 Å². The molecule has 0 radical (unpaired) electrons. The zero-order chi connectivity index (χ0) is 13.3. The van der Waals surface area contributed by atoms with Gasteiger partial charge in [-0.05, 0) is 30.7 Å². The Morgan fingerprint density at radius 1 is 1.00 bits per heavy atom. The summed E-state index contributed by atoms with van der Waals surface area (Å²) in [5.41, 5.74) is 2.27. The lowest BCUT2D eigenvalue weighted by Gasteiger charge is -2.07. The van der Waals surface area contributed by atoms with E-state index in [4.69, 9.17) is 0 Å². The topological polar surface area (TPSA) is 24.9 Å². The summed E-state index contributed by atoms with van der Waals surface area (Å²) < 4.78 is 0. The van der Waals surface area contributed by atoms with E-state index in [0.29, 0.717) is 0 Å². The average Bonchev–Trinajstić information content (AvgIpc) is 2.46. The van der Waals surface area contributed by atoms with Crippen LogP contribution >= 0.6 is 0 Å². The zero-order valence-corrected chi connectivity index (χ0v) is 11.9. The molecular weight excluding hydrogens is 232 g/mol. The Bertz CT molecular complexity index is 493. The summed E-state index contributed by atoms with van der Waals surface area (Å²) >= 11 is 0. The van der Waals surface area contributed by atoms with E-state index in [1.165, 1.54) is 49.6 Å². The monoisotopic (exact) mass is 256 g/mol. The van der Waals surface area contributed by atoms with Gasteiger partial charge in [0.1, 0.15) is 0 Å². The van der Waals surface area contributed by atoms with Crippen LogP contribution in [0.4, 0.5) is 5.69 Å². The number of aromatic nitrogens is 1. The lowest BCUT2D eigenvalue weighted by molar-refractivity contribution is 0.617. The normalized spacial score (nSPS) is 10.8. The first kappa shape index (κ1) is 13.9. The second-order valence-corrected chi connectivity index (χ2v) is 5.11. The van der Waals surface area contributed by atoms with Gasteiger partial charge in [-0.25, -0.2) is 0 Å². The molecule has 0 amide bonds. The fraction of sp³-hybridized carbons (Fsp3) is 0.471. The number of nitrogens with one attached hydrogen (secondary N) is 1. The molecule has 0 saturated heterocycles. The maximum atomic E-state index is 4.33. The van der Waals surface area contributed by atoms with Crippen molar-refractivity contribution in [2.24, 2.45) is 0 Å². The SMILES string of the molecule is CCCCCCCCNc1ccc2ncccc2c1.